The van der Waals surface area contributed by atoms with E-state index in [1.54, 1.807) is 18.5 Å². The number of imidazole rings is 1. The molecule has 4 aromatic rings. The number of hydrogen-bond acceptors (Lipinski definition) is 8. The van der Waals surface area contributed by atoms with Crippen LogP contribution in [-0.2, 0) is 0 Å². The van der Waals surface area contributed by atoms with Gasteiger partial charge in [-0.2, -0.15) is 5.26 Å². The minimum absolute atomic E-state index is 0.0508. The van der Waals surface area contributed by atoms with Crippen LogP contribution in [0.4, 0.5) is 5.82 Å². The molecule has 0 radical (unpaired) electrons. The van der Waals surface area contributed by atoms with Crippen LogP contribution in [0.1, 0.15) is 37.3 Å². The standard InChI is InChI=1S/C26H28N8O2/c1-31-10-12-32(13-11-31)25-26(36)34(18-3-5-19(35)6-4-18)24-21(29-25)8-9-23(30-24)33-16-28-20-7-2-17(15-27)14-22(20)33/h2,7-9,14,16,18-19,35H,3-6,10-13H2,1H3/t18-,19-. The van der Waals surface area contributed by atoms with E-state index in [2.05, 4.69) is 27.9 Å². The molecular weight excluding hydrogens is 456 g/mol. The number of anilines is 1. The molecule has 1 saturated carbocycles. The number of nitriles is 1. The van der Waals surface area contributed by atoms with Crippen LogP contribution >= 0.6 is 0 Å². The molecule has 6 rings (SSSR count). The van der Waals surface area contributed by atoms with Gasteiger partial charge in [-0.25, -0.2) is 15.0 Å². The number of likely N-dealkylation sites (N-methyl/N-ethyl adjacent to an activating group) is 1. The SMILES string of the molecule is CN1CCN(c2nc3ccc(-n4cnc5ccc(C#N)cc54)nc3n([C@H]3CC[C@H](O)CC3)c2=O)CC1. The average molecular weight is 485 g/mol. The zero-order valence-electron chi connectivity index (χ0n) is 20.2. The number of benzene rings is 1. The van der Waals surface area contributed by atoms with Crippen LogP contribution < -0.4 is 10.5 Å². The van der Waals surface area contributed by atoms with Crippen LogP contribution in [0, 0.1) is 11.3 Å². The van der Waals surface area contributed by atoms with Gasteiger partial charge in [0, 0.05) is 32.2 Å². The number of rotatable bonds is 3. The fourth-order valence-electron chi connectivity index (χ4n) is 5.33. The second-order valence-corrected chi connectivity index (χ2v) is 9.81. The number of aromatic nitrogens is 5. The van der Waals surface area contributed by atoms with Crippen LogP contribution in [0.5, 0.6) is 0 Å². The van der Waals surface area contributed by atoms with Crippen molar-refractivity contribution in [2.75, 3.05) is 38.1 Å². The van der Waals surface area contributed by atoms with Gasteiger partial charge in [0.15, 0.2) is 11.5 Å². The first-order chi connectivity index (χ1) is 17.5. The topological polar surface area (TPSA) is 116 Å². The fourth-order valence-corrected chi connectivity index (χ4v) is 5.33. The predicted molar refractivity (Wildman–Crippen MR) is 136 cm³/mol. The van der Waals surface area contributed by atoms with Crippen LogP contribution in [0.15, 0.2) is 41.5 Å². The Balaban J connectivity index is 1.52. The third-order valence-corrected chi connectivity index (χ3v) is 7.46. The molecule has 2 fully saturated rings. The van der Waals surface area contributed by atoms with Crippen molar-refractivity contribution in [2.45, 2.75) is 37.8 Å². The molecule has 1 aromatic carbocycles. The van der Waals surface area contributed by atoms with Gasteiger partial charge in [-0.15, -0.1) is 0 Å². The Morgan fingerprint density at radius 3 is 2.50 bits per heavy atom. The Labute approximate surface area is 208 Å². The molecule has 0 spiro atoms. The summed E-state index contributed by atoms with van der Waals surface area (Å²) in [6.07, 6.45) is 4.12. The highest BCUT2D eigenvalue weighted by molar-refractivity contribution is 5.80. The van der Waals surface area contributed by atoms with Crippen molar-refractivity contribution < 1.29 is 5.11 Å². The van der Waals surface area contributed by atoms with E-state index in [-0.39, 0.29) is 17.7 Å². The van der Waals surface area contributed by atoms with Crippen LogP contribution in [-0.4, -0.2) is 73.4 Å². The normalized spacial score (nSPS) is 21.2. The largest absolute Gasteiger partial charge is 0.393 e. The van der Waals surface area contributed by atoms with Crippen LogP contribution in [0.2, 0.25) is 0 Å². The molecule has 4 heterocycles. The molecule has 2 aliphatic rings. The summed E-state index contributed by atoms with van der Waals surface area (Å²) < 4.78 is 3.65. The van der Waals surface area contributed by atoms with E-state index in [4.69, 9.17) is 9.97 Å². The molecule has 1 aliphatic heterocycles. The van der Waals surface area contributed by atoms with Crippen molar-refractivity contribution in [1.29, 1.82) is 5.26 Å². The van der Waals surface area contributed by atoms with E-state index in [9.17, 15) is 15.2 Å². The van der Waals surface area contributed by atoms with Crippen LogP contribution in [0.3, 0.4) is 0 Å². The molecular formula is C26H28N8O2. The summed E-state index contributed by atoms with van der Waals surface area (Å²) in [6.45, 7) is 3.26. The van der Waals surface area contributed by atoms with E-state index in [1.807, 2.05) is 27.3 Å². The number of aliphatic hydroxyl groups excluding tert-OH is 1. The molecule has 0 atom stereocenters. The average Bonchev–Trinajstić information content (AvgIpc) is 3.32. The number of hydrogen-bond donors (Lipinski definition) is 1. The second kappa shape index (κ2) is 9.00. The van der Waals surface area contributed by atoms with Gasteiger partial charge in [-0.3, -0.25) is 13.9 Å². The summed E-state index contributed by atoms with van der Waals surface area (Å²) in [5.74, 6) is 1.08. The maximum atomic E-state index is 13.9. The van der Waals surface area contributed by atoms with E-state index in [0.29, 0.717) is 54.0 Å². The van der Waals surface area contributed by atoms with Crippen molar-refractivity contribution in [2.24, 2.45) is 0 Å². The smallest absolute Gasteiger partial charge is 0.295 e. The molecule has 184 valence electrons. The van der Waals surface area contributed by atoms with Crippen molar-refractivity contribution in [3.05, 3.63) is 52.6 Å². The van der Waals surface area contributed by atoms with Gasteiger partial charge < -0.3 is 14.9 Å². The second-order valence-electron chi connectivity index (χ2n) is 9.81. The summed E-state index contributed by atoms with van der Waals surface area (Å²) in [5.41, 5.74) is 3.16. The highest BCUT2D eigenvalue weighted by Gasteiger charge is 2.28. The lowest BCUT2D eigenvalue weighted by Gasteiger charge is -2.34. The van der Waals surface area contributed by atoms with Crippen molar-refractivity contribution >= 4 is 28.0 Å². The Bertz CT molecular complexity index is 1540. The molecule has 0 amide bonds. The first kappa shape index (κ1) is 22.6. The van der Waals surface area contributed by atoms with E-state index >= 15 is 0 Å². The summed E-state index contributed by atoms with van der Waals surface area (Å²) in [7, 11) is 2.08. The summed E-state index contributed by atoms with van der Waals surface area (Å²) in [6, 6.07) is 11.3. The van der Waals surface area contributed by atoms with Gasteiger partial charge in [0.05, 0.1) is 28.8 Å². The third-order valence-electron chi connectivity index (χ3n) is 7.46. The summed E-state index contributed by atoms with van der Waals surface area (Å²) in [5, 5.41) is 19.4. The number of nitrogens with zero attached hydrogens (tertiary/aromatic N) is 8. The number of piperazine rings is 1. The lowest BCUT2D eigenvalue weighted by atomic mass is 9.93. The molecule has 10 heteroatoms. The maximum Gasteiger partial charge on any atom is 0.295 e. The highest BCUT2D eigenvalue weighted by atomic mass is 16.3. The monoisotopic (exact) mass is 484 g/mol. The predicted octanol–water partition coefficient (Wildman–Crippen LogP) is 2.23. The van der Waals surface area contributed by atoms with E-state index in [1.165, 1.54) is 0 Å². The third kappa shape index (κ3) is 3.90. The molecule has 10 nitrogen and oxygen atoms in total. The molecule has 1 saturated heterocycles. The van der Waals surface area contributed by atoms with E-state index in [0.717, 1.165) is 37.2 Å². The van der Waals surface area contributed by atoms with E-state index < -0.39 is 0 Å². The van der Waals surface area contributed by atoms with Crippen LogP contribution in [0.25, 0.3) is 28.0 Å². The molecule has 0 unspecified atom stereocenters. The Morgan fingerprint density at radius 1 is 1.00 bits per heavy atom. The van der Waals surface area contributed by atoms with Gasteiger partial charge in [-0.1, -0.05) is 0 Å². The lowest BCUT2D eigenvalue weighted by molar-refractivity contribution is 0.111. The van der Waals surface area contributed by atoms with Gasteiger partial charge in [-0.05, 0) is 63.1 Å². The highest BCUT2D eigenvalue weighted by Crippen LogP contribution is 2.30. The molecule has 1 N–H and O–H groups in total. The van der Waals surface area contributed by atoms with Crippen molar-refractivity contribution in [3.8, 4) is 11.9 Å². The summed E-state index contributed by atoms with van der Waals surface area (Å²) in [4.78, 5) is 32.4. The summed E-state index contributed by atoms with van der Waals surface area (Å²) >= 11 is 0. The zero-order valence-corrected chi connectivity index (χ0v) is 20.2. The van der Waals surface area contributed by atoms with Gasteiger partial charge in [0.2, 0.25) is 0 Å². The first-order valence-electron chi connectivity index (χ1n) is 12.4. The zero-order chi connectivity index (χ0) is 24.8. The molecule has 1 aliphatic carbocycles. The molecule has 36 heavy (non-hydrogen) atoms. The number of aliphatic hydroxyl groups is 1. The Hall–Kier alpha value is -3.81. The number of fused-ring (bicyclic) bond motifs is 2. The number of pyridine rings is 1. The van der Waals surface area contributed by atoms with Gasteiger partial charge >= 0.3 is 0 Å². The maximum absolute atomic E-state index is 13.9. The van der Waals surface area contributed by atoms with Crippen molar-refractivity contribution in [3.63, 3.8) is 0 Å². The fraction of sp³-hybridized carbons (Fsp3) is 0.423. The van der Waals surface area contributed by atoms with Crippen molar-refractivity contribution in [1.82, 2.24) is 29.0 Å². The lowest BCUT2D eigenvalue weighted by Crippen LogP contribution is -2.47. The first-order valence-corrected chi connectivity index (χ1v) is 12.4. The minimum atomic E-state index is -0.322. The quantitative estimate of drug-likeness (QED) is 0.471. The Kier molecular flexibility index (Phi) is 5.66. The van der Waals surface area contributed by atoms with Gasteiger partial charge in [0.1, 0.15) is 17.7 Å². The molecule has 3 aromatic heterocycles. The molecule has 0 bridgehead atoms. The minimum Gasteiger partial charge on any atom is -0.393 e. The van der Waals surface area contributed by atoms with Gasteiger partial charge in [0.25, 0.3) is 5.56 Å². The Morgan fingerprint density at radius 2 is 1.75 bits per heavy atom.